The van der Waals surface area contributed by atoms with Crippen LogP contribution >= 0.6 is 11.6 Å². The quantitative estimate of drug-likeness (QED) is 0.684. The number of rotatable bonds is 1. The Kier molecular flexibility index (Phi) is 3.12. The third-order valence-corrected chi connectivity index (χ3v) is 4.31. The summed E-state index contributed by atoms with van der Waals surface area (Å²) in [6, 6.07) is 2.88. The van der Waals surface area contributed by atoms with Gasteiger partial charge in [0, 0.05) is 32.2 Å². The van der Waals surface area contributed by atoms with E-state index in [0.717, 1.165) is 32.0 Å². The highest BCUT2D eigenvalue weighted by Crippen LogP contribution is 2.27. The van der Waals surface area contributed by atoms with Gasteiger partial charge in [0.1, 0.15) is 12.1 Å². The van der Waals surface area contributed by atoms with Crippen LogP contribution in [0.3, 0.4) is 0 Å². The lowest BCUT2D eigenvalue weighted by molar-refractivity contribution is 0.312. The molecule has 1 aliphatic heterocycles. The highest BCUT2D eigenvalue weighted by atomic mass is 35.5. The molecule has 22 heavy (non-hydrogen) atoms. The van der Waals surface area contributed by atoms with Gasteiger partial charge in [0.05, 0.1) is 16.1 Å². The molecule has 1 aromatic carbocycles. The maximum absolute atomic E-state index is 13.8. The van der Waals surface area contributed by atoms with Crippen LogP contribution < -0.4 is 4.90 Å². The van der Waals surface area contributed by atoms with Gasteiger partial charge in [0.25, 0.3) is 0 Å². The van der Waals surface area contributed by atoms with Gasteiger partial charge in [-0.1, -0.05) is 11.6 Å². The highest BCUT2D eigenvalue weighted by Gasteiger charge is 2.21. The van der Waals surface area contributed by atoms with Crippen molar-refractivity contribution in [3.8, 4) is 0 Å². The average molecular weight is 321 g/mol. The molecule has 0 amide bonds. The number of fused-ring (bicyclic) bond motifs is 3. The van der Waals surface area contributed by atoms with E-state index in [9.17, 15) is 4.39 Å². The summed E-state index contributed by atoms with van der Waals surface area (Å²) in [5.74, 6) is 0.255. The molecule has 4 rings (SSSR count). The van der Waals surface area contributed by atoms with E-state index in [2.05, 4.69) is 31.9 Å². The number of hydrogen-bond acceptors (Lipinski definition) is 5. The molecular formula is C14H14ClFN6. The Hall–Kier alpha value is -1.99. The summed E-state index contributed by atoms with van der Waals surface area (Å²) in [5.41, 5.74) is 1.84. The van der Waals surface area contributed by atoms with E-state index in [-0.39, 0.29) is 5.02 Å². The van der Waals surface area contributed by atoms with E-state index in [0.29, 0.717) is 16.7 Å². The molecule has 8 heteroatoms. The summed E-state index contributed by atoms with van der Waals surface area (Å²) < 4.78 is 15.4. The molecule has 0 atom stereocenters. The molecule has 0 unspecified atom stereocenters. The minimum Gasteiger partial charge on any atom is -0.351 e. The van der Waals surface area contributed by atoms with Crippen molar-refractivity contribution in [2.45, 2.75) is 0 Å². The van der Waals surface area contributed by atoms with Gasteiger partial charge in [-0.3, -0.25) is 0 Å². The van der Waals surface area contributed by atoms with E-state index in [1.54, 1.807) is 4.52 Å². The van der Waals surface area contributed by atoms with Crippen molar-refractivity contribution in [1.82, 2.24) is 24.5 Å². The maximum atomic E-state index is 13.8. The van der Waals surface area contributed by atoms with Gasteiger partial charge in [-0.05, 0) is 13.1 Å². The Balaban J connectivity index is 1.93. The number of anilines is 1. The molecule has 0 saturated carbocycles. The van der Waals surface area contributed by atoms with Crippen LogP contribution in [-0.4, -0.2) is 57.7 Å². The number of hydrogen-bond donors (Lipinski definition) is 0. The van der Waals surface area contributed by atoms with Crippen molar-refractivity contribution in [3.63, 3.8) is 0 Å². The normalized spacial score (nSPS) is 16.8. The number of nitrogens with zero attached hydrogens (tertiary/aromatic N) is 6. The fourth-order valence-corrected chi connectivity index (χ4v) is 2.91. The van der Waals surface area contributed by atoms with Crippen molar-refractivity contribution in [1.29, 1.82) is 0 Å². The minimum atomic E-state index is -0.481. The van der Waals surface area contributed by atoms with Gasteiger partial charge in [-0.2, -0.15) is 5.10 Å². The molecule has 0 radical (unpaired) electrons. The highest BCUT2D eigenvalue weighted by molar-refractivity contribution is 6.31. The lowest BCUT2D eigenvalue weighted by Crippen LogP contribution is -2.45. The van der Waals surface area contributed by atoms with Crippen molar-refractivity contribution < 1.29 is 4.39 Å². The summed E-state index contributed by atoms with van der Waals surface area (Å²) in [7, 11) is 2.09. The summed E-state index contributed by atoms with van der Waals surface area (Å²) in [5, 5.41) is 4.29. The van der Waals surface area contributed by atoms with Crippen LogP contribution in [0.2, 0.25) is 5.02 Å². The van der Waals surface area contributed by atoms with Crippen LogP contribution in [0.4, 0.5) is 10.2 Å². The number of likely N-dealkylation sites (N-methyl/N-ethyl adjacent to an activating group) is 1. The topological polar surface area (TPSA) is 49.6 Å². The van der Waals surface area contributed by atoms with E-state index >= 15 is 0 Å². The lowest BCUT2D eigenvalue weighted by atomic mass is 10.2. The molecule has 6 nitrogen and oxygen atoms in total. The van der Waals surface area contributed by atoms with Crippen LogP contribution in [-0.2, 0) is 0 Å². The molecule has 0 spiro atoms. The van der Waals surface area contributed by atoms with Crippen LogP contribution in [0, 0.1) is 5.82 Å². The molecule has 1 aliphatic rings. The smallest absolute Gasteiger partial charge is 0.199 e. The third kappa shape index (κ3) is 2.08. The van der Waals surface area contributed by atoms with Gasteiger partial charge in [-0.15, -0.1) is 0 Å². The predicted molar refractivity (Wildman–Crippen MR) is 83.0 cm³/mol. The largest absolute Gasteiger partial charge is 0.351 e. The van der Waals surface area contributed by atoms with Gasteiger partial charge in [0.15, 0.2) is 11.5 Å². The van der Waals surface area contributed by atoms with E-state index < -0.39 is 5.82 Å². The van der Waals surface area contributed by atoms with E-state index in [4.69, 9.17) is 11.6 Å². The van der Waals surface area contributed by atoms with Gasteiger partial charge < -0.3 is 9.80 Å². The predicted octanol–water partition coefficient (Wildman–Crippen LogP) is 1.82. The first-order valence-corrected chi connectivity index (χ1v) is 7.43. The Morgan fingerprint density at radius 2 is 1.95 bits per heavy atom. The van der Waals surface area contributed by atoms with E-state index in [1.165, 1.54) is 18.5 Å². The Labute approximate surface area is 131 Å². The monoisotopic (exact) mass is 320 g/mol. The average Bonchev–Trinajstić information content (AvgIpc) is 2.99. The van der Waals surface area contributed by atoms with Crippen molar-refractivity contribution >= 4 is 34.1 Å². The molecule has 3 heterocycles. The second-order valence-electron chi connectivity index (χ2n) is 5.48. The zero-order chi connectivity index (χ0) is 15.3. The van der Waals surface area contributed by atoms with Crippen LogP contribution in [0.15, 0.2) is 18.5 Å². The first-order chi connectivity index (χ1) is 10.6. The summed E-state index contributed by atoms with van der Waals surface area (Å²) in [6.45, 7) is 3.62. The molecule has 0 aliphatic carbocycles. The summed E-state index contributed by atoms with van der Waals surface area (Å²) in [6.07, 6.45) is 1.48. The minimum absolute atomic E-state index is 0.0541. The van der Waals surface area contributed by atoms with Crippen molar-refractivity contribution in [2.75, 3.05) is 38.1 Å². The zero-order valence-corrected chi connectivity index (χ0v) is 12.8. The van der Waals surface area contributed by atoms with Crippen molar-refractivity contribution in [2.24, 2.45) is 0 Å². The van der Waals surface area contributed by atoms with Crippen LogP contribution in [0.25, 0.3) is 16.7 Å². The standard InChI is InChI=1S/C14H14ClFN6/c1-20-2-4-21(5-3-20)14-13-17-8-18-22(13)12-6-9(15)10(16)7-11(12)19-14/h6-8H,2-5H2,1H3. The Morgan fingerprint density at radius 1 is 1.18 bits per heavy atom. The van der Waals surface area contributed by atoms with E-state index in [1.807, 2.05) is 0 Å². The second-order valence-corrected chi connectivity index (χ2v) is 5.88. The van der Waals surface area contributed by atoms with Gasteiger partial charge in [-0.25, -0.2) is 18.9 Å². The fraction of sp³-hybridized carbons (Fsp3) is 0.357. The molecule has 1 saturated heterocycles. The molecule has 0 N–H and O–H groups in total. The first kappa shape index (κ1) is 13.7. The summed E-state index contributed by atoms with van der Waals surface area (Å²) in [4.78, 5) is 13.3. The number of piperazine rings is 1. The summed E-state index contributed by atoms with van der Waals surface area (Å²) >= 11 is 5.88. The Morgan fingerprint density at radius 3 is 2.73 bits per heavy atom. The molecular weight excluding hydrogens is 307 g/mol. The molecule has 114 valence electrons. The van der Waals surface area contributed by atoms with Crippen LogP contribution in [0.5, 0.6) is 0 Å². The van der Waals surface area contributed by atoms with Crippen LogP contribution in [0.1, 0.15) is 0 Å². The SMILES string of the molecule is CN1CCN(c2nc3cc(F)c(Cl)cc3n3ncnc23)CC1. The van der Waals surface area contributed by atoms with Gasteiger partial charge in [0.2, 0.25) is 0 Å². The first-order valence-electron chi connectivity index (χ1n) is 7.05. The number of aromatic nitrogens is 4. The molecule has 3 aromatic rings. The second kappa shape index (κ2) is 5.03. The molecule has 2 aromatic heterocycles. The molecule has 1 fully saturated rings. The number of benzene rings is 1. The Bertz CT molecular complexity index is 855. The third-order valence-electron chi connectivity index (χ3n) is 4.02. The number of halogens is 2. The lowest BCUT2D eigenvalue weighted by Gasteiger charge is -2.33. The van der Waals surface area contributed by atoms with Crippen molar-refractivity contribution in [3.05, 3.63) is 29.3 Å². The maximum Gasteiger partial charge on any atom is 0.199 e. The fourth-order valence-electron chi connectivity index (χ4n) is 2.75. The zero-order valence-electron chi connectivity index (χ0n) is 12.0. The van der Waals surface area contributed by atoms with Gasteiger partial charge >= 0.3 is 0 Å². The molecule has 0 bridgehead atoms.